The van der Waals surface area contributed by atoms with E-state index in [2.05, 4.69) is 23.6 Å². The van der Waals surface area contributed by atoms with Gasteiger partial charge in [0.2, 0.25) is 5.91 Å². The summed E-state index contributed by atoms with van der Waals surface area (Å²) in [6.07, 6.45) is 3.31. The number of carbonyl (C=O) groups excluding carboxylic acids is 1. The summed E-state index contributed by atoms with van der Waals surface area (Å²) in [6, 6.07) is 0.339. The average Bonchev–Trinajstić information content (AvgIpc) is 2.31. The Kier molecular flexibility index (Phi) is 4.62. The molecule has 0 bridgehead atoms. The zero-order chi connectivity index (χ0) is 13.1. The van der Waals surface area contributed by atoms with Crippen molar-refractivity contribution in [2.24, 2.45) is 17.6 Å². The second-order valence-corrected chi connectivity index (χ2v) is 6.36. The van der Waals surface area contributed by atoms with Crippen molar-refractivity contribution in [2.75, 3.05) is 32.7 Å². The fourth-order valence-corrected chi connectivity index (χ4v) is 3.27. The lowest BCUT2D eigenvalue weighted by molar-refractivity contribution is -0.135. The Bertz CT molecular complexity index is 277. The first kappa shape index (κ1) is 13.8. The zero-order valence-electron chi connectivity index (χ0n) is 11.8. The van der Waals surface area contributed by atoms with Crippen molar-refractivity contribution in [3.8, 4) is 0 Å². The molecule has 2 aliphatic heterocycles. The molecule has 2 aliphatic rings. The van der Waals surface area contributed by atoms with Gasteiger partial charge in [-0.15, -0.1) is 0 Å². The van der Waals surface area contributed by atoms with Crippen LogP contribution in [0.4, 0.5) is 0 Å². The smallest absolute Gasteiger partial charge is 0.236 e. The van der Waals surface area contributed by atoms with Crippen LogP contribution in [0.25, 0.3) is 0 Å². The lowest BCUT2D eigenvalue weighted by Crippen LogP contribution is -2.49. The molecule has 18 heavy (non-hydrogen) atoms. The van der Waals surface area contributed by atoms with Gasteiger partial charge in [0, 0.05) is 32.2 Å². The minimum Gasteiger partial charge on any atom is -0.341 e. The van der Waals surface area contributed by atoms with E-state index in [0.717, 1.165) is 39.0 Å². The largest absolute Gasteiger partial charge is 0.341 e. The summed E-state index contributed by atoms with van der Waals surface area (Å²) in [5, 5.41) is 0. The Morgan fingerprint density at radius 1 is 1.17 bits per heavy atom. The molecule has 0 radical (unpaired) electrons. The van der Waals surface area contributed by atoms with Gasteiger partial charge in [0.1, 0.15) is 0 Å². The van der Waals surface area contributed by atoms with Gasteiger partial charge in [-0.1, -0.05) is 13.8 Å². The minimum absolute atomic E-state index is 0.309. The fourth-order valence-electron chi connectivity index (χ4n) is 3.27. The number of hydrogen-bond donors (Lipinski definition) is 1. The van der Waals surface area contributed by atoms with Crippen molar-refractivity contribution in [3.05, 3.63) is 0 Å². The van der Waals surface area contributed by atoms with Gasteiger partial charge < -0.3 is 10.6 Å². The molecule has 2 atom stereocenters. The molecule has 1 amide bonds. The Morgan fingerprint density at radius 3 is 2.28 bits per heavy atom. The van der Waals surface area contributed by atoms with Crippen LogP contribution in [-0.4, -0.2) is 54.5 Å². The Hall–Kier alpha value is -0.610. The highest BCUT2D eigenvalue weighted by molar-refractivity contribution is 5.78. The van der Waals surface area contributed by atoms with Crippen molar-refractivity contribution in [2.45, 2.75) is 39.2 Å². The van der Waals surface area contributed by atoms with Crippen LogP contribution >= 0.6 is 0 Å². The fraction of sp³-hybridized carbons (Fsp3) is 0.929. The van der Waals surface area contributed by atoms with Crippen molar-refractivity contribution in [1.82, 2.24) is 9.80 Å². The van der Waals surface area contributed by atoms with Gasteiger partial charge in [0.15, 0.2) is 0 Å². The van der Waals surface area contributed by atoms with Gasteiger partial charge in [0.05, 0.1) is 6.54 Å². The second-order valence-electron chi connectivity index (χ2n) is 6.36. The van der Waals surface area contributed by atoms with Gasteiger partial charge in [-0.3, -0.25) is 9.69 Å². The maximum Gasteiger partial charge on any atom is 0.236 e. The van der Waals surface area contributed by atoms with Gasteiger partial charge in [-0.05, 0) is 31.1 Å². The van der Waals surface area contributed by atoms with Crippen LogP contribution < -0.4 is 5.73 Å². The molecule has 4 heteroatoms. The summed E-state index contributed by atoms with van der Waals surface area (Å²) in [6.45, 7) is 8.92. The average molecular weight is 253 g/mol. The van der Waals surface area contributed by atoms with E-state index >= 15 is 0 Å². The van der Waals surface area contributed by atoms with Gasteiger partial charge in [-0.25, -0.2) is 0 Å². The van der Waals surface area contributed by atoms with Gasteiger partial charge >= 0.3 is 0 Å². The maximum atomic E-state index is 12.3. The summed E-state index contributed by atoms with van der Waals surface area (Å²) < 4.78 is 0. The van der Waals surface area contributed by atoms with E-state index in [9.17, 15) is 4.79 Å². The van der Waals surface area contributed by atoms with E-state index in [1.54, 1.807) is 0 Å². The topological polar surface area (TPSA) is 49.6 Å². The minimum atomic E-state index is 0.309. The van der Waals surface area contributed by atoms with Crippen molar-refractivity contribution in [3.63, 3.8) is 0 Å². The quantitative estimate of drug-likeness (QED) is 0.796. The van der Waals surface area contributed by atoms with Crippen molar-refractivity contribution >= 4 is 5.91 Å². The molecule has 2 heterocycles. The lowest BCUT2D eigenvalue weighted by Gasteiger charge is -2.37. The van der Waals surface area contributed by atoms with E-state index in [1.165, 1.54) is 6.42 Å². The van der Waals surface area contributed by atoms with Crippen LogP contribution in [0, 0.1) is 11.8 Å². The third-order valence-corrected chi connectivity index (χ3v) is 4.21. The number of nitrogens with two attached hydrogens (primary N) is 1. The van der Waals surface area contributed by atoms with Crippen molar-refractivity contribution < 1.29 is 4.79 Å². The summed E-state index contributed by atoms with van der Waals surface area (Å²) in [7, 11) is 0. The molecule has 4 nitrogen and oxygen atoms in total. The molecule has 0 saturated carbocycles. The first-order chi connectivity index (χ1) is 8.54. The van der Waals surface area contributed by atoms with E-state index in [-0.39, 0.29) is 0 Å². The Labute approximate surface area is 110 Å². The highest BCUT2D eigenvalue weighted by Crippen LogP contribution is 2.21. The molecule has 2 fully saturated rings. The number of hydrogen-bond acceptors (Lipinski definition) is 3. The van der Waals surface area contributed by atoms with Crippen LogP contribution in [0.5, 0.6) is 0 Å². The number of piperidine rings is 2. The molecular formula is C14H27N3O. The molecule has 0 aromatic rings. The van der Waals surface area contributed by atoms with Gasteiger partial charge in [0.25, 0.3) is 0 Å². The predicted molar refractivity (Wildman–Crippen MR) is 73.2 cm³/mol. The molecular weight excluding hydrogens is 226 g/mol. The molecule has 0 aliphatic carbocycles. The van der Waals surface area contributed by atoms with E-state index in [4.69, 9.17) is 5.73 Å². The van der Waals surface area contributed by atoms with Crippen molar-refractivity contribution in [1.29, 1.82) is 0 Å². The molecule has 104 valence electrons. The van der Waals surface area contributed by atoms with Crippen LogP contribution in [0.2, 0.25) is 0 Å². The summed E-state index contributed by atoms with van der Waals surface area (Å²) >= 11 is 0. The second kappa shape index (κ2) is 6.02. The Balaban J connectivity index is 1.80. The van der Waals surface area contributed by atoms with Crippen LogP contribution in [0.3, 0.4) is 0 Å². The lowest BCUT2D eigenvalue weighted by atomic mass is 9.92. The third-order valence-electron chi connectivity index (χ3n) is 4.21. The monoisotopic (exact) mass is 253 g/mol. The van der Waals surface area contributed by atoms with E-state index in [0.29, 0.717) is 30.3 Å². The molecule has 0 spiro atoms. The SMILES string of the molecule is CC1CC(C)CN(C(=O)CN2CCC(N)CC2)C1. The third kappa shape index (κ3) is 3.69. The summed E-state index contributed by atoms with van der Waals surface area (Å²) in [5.74, 6) is 1.60. The first-order valence-corrected chi connectivity index (χ1v) is 7.30. The molecule has 0 aromatic carbocycles. The van der Waals surface area contributed by atoms with Crippen LogP contribution in [0.15, 0.2) is 0 Å². The molecule has 2 unspecified atom stereocenters. The number of nitrogens with zero attached hydrogens (tertiary/aromatic N) is 2. The first-order valence-electron chi connectivity index (χ1n) is 7.30. The molecule has 0 aromatic heterocycles. The highest BCUT2D eigenvalue weighted by atomic mass is 16.2. The van der Waals surface area contributed by atoms with Gasteiger partial charge in [-0.2, -0.15) is 0 Å². The number of likely N-dealkylation sites (tertiary alicyclic amines) is 2. The number of rotatable bonds is 2. The molecule has 2 saturated heterocycles. The normalized spacial score (nSPS) is 31.6. The zero-order valence-corrected chi connectivity index (χ0v) is 11.8. The highest BCUT2D eigenvalue weighted by Gasteiger charge is 2.27. The summed E-state index contributed by atoms with van der Waals surface area (Å²) in [4.78, 5) is 16.6. The predicted octanol–water partition coefficient (Wildman–Crippen LogP) is 0.914. The van der Waals surface area contributed by atoms with E-state index in [1.807, 2.05) is 0 Å². The maximum absolute atomic E-state index is 12.3. The number of carbonyl (C=O) groups is 1. The Morgan fingerprint density at radius 2 is 1.72 bits per heavy atom. The number of amides is 1. The van der Waals surface area contributed by atoms with Crippen LogP contribution in [0.1, 0.15) is 33.1 Å². The van der Waals surface area contributed by atoms with E-state index < -0.39 is 0 Å². The molecule has 2 rings (SSSR count). The summed E-state index contributed by atoms with van der Waals surface area (Å²) in [5.41, 5.74) is 5.88. The standard InChI is InChI=1S/C14H27N3O/c1-11-7-12(2)9-17(8-11)14(18)10-16-5-3-13(15)4-6-16/h11-13H,3-10,15H2,1-2H3. The van der Waals surface area contributed by atoms with Crippen LogP contribution in [-0.2, 0) is 4.79 Å². The molecule has 2 N–H and O–H groups in total.